The van der Waals surface area contributed by atoms with Crippen molar-refractivity contribution in [2.24, 2.45) is 5.92 Å². The summed E-state index contributed by atoms with van der Waals surface area (Å²) in [6, 6.07) is 1.43. The van der Waals surface area contributed by atoms with Crippen molar-refractivity contribution in [3.63, 3.8) is 0 Å². The van der Waals surface area contributed by atoms with E-state index in [0.717, 1.165) is 0 Å². The lowest BCUT2D eigenvalue weighted by atomic mass is 10.1. The van der Waals surface area contributed by atoms with Crippen molar-refractivity contribution in [2.45, 2.75) is 27.2 Å². The summed E-state index contributed by atoms with van der Waals surface area (Å²) in [4.78, 5) is 22.2. The Morgan fingerprint density at radius 2 is 2.25 bits per heavy atom. The molecule has 1 heterocycles. The van der Waals surface area contributed by atoms with Gasteiger partial charge in [-0.1, -0.05) is 13.8 Å². The van der Waals surface area contributed by atoms with E-state index in [1.807, 2.05) is 13.8 Å². The lowest BCUT2D eigenvalue weighted by Gasteiger charge is -2.04. The zero-order chi connectivity index (χ0) is 12.1. The smallest absolute Gasteiger partial charge is 0.341 e. The van der Waals surface area contributed by atoms with Crippen molar-refractivity contribution >= 4 is 12.3 Å². The van der Waals surface area contributed by atoms with Crippen molar-refractivity contribution in [2.75, 3.05) is 6.61 Å². The van der Waals surface area contributed by atoms with E-state index < -0.39 is 5.97 Å². The molecule has 0 unspecified atom stereocenters. The molecule has 1 rings (SSSR count). The van der Waals surface area contributed by atoms with E-state index >= 15 is 0 Å². The summed E-state index contributed by atoms with van der Waals surface area (Å²) < 4.78 is 10.2. The van der Waals surface area contributed by atoms with Gasteiger partial charge in [0.25, 0.3) is 0 Å². The SMILES string of the molecule is CCOC(=O)c1cc(C=O)oc1CC(C)C. The van der Waals surface area contributed by atoms with Gasteiger partial charge in [0.15, 0.2) is 12.0 Å². The van der Waals surface area contributed by atoms with Crippen LogP contribution in [0.2, 0.25) is 0 Å². The van der Waals surface area contributed by atoms with Crippen LogP contribution in [0.5, 0.6) is 0 Å². The molecule has 0 fully saturated rings. The standard InChI is InChI=1S/C12H16O4/c1-4-15-12(14)10-6-9(7-13)16-11(10)5-8(2)3/h6-8H,4-5H2,1-3H3. The molecule has 0 spiro atoms. The molecule has 1 aromatic heterocycles. The summed E-state index contributed by atoms with van der Waals surface area (Å²) in [5.41, 5.74) is 0.359. The number of rotatable bonds is 5. The van der Waals surface area contributed by atoms with Crippen molar-refractivity contribution in [1.82, 2.24) is 0 Å². The molecule has 0 aliphatic carbocycles. The number of furan rings is 1. The van der Waals surface area contributed by atoms with Crippen LogP contribution in [0.15, 0.2) is 10.5 Å². The van der Waals surface area contributed by atoms with Gasteiger partial charge in [-0.25, -0.2) is 4.79 Å². The number of hydrogen-bond donors (Lipinski definition) is 0. The van der Waals surface area contributed by atoms with Crippen LogP contribution >= 0.6 is 0 Å². The van der Waals surface area contributed by atoms with E-state index in [1.54, 1.807) is 6.92 Å². The van der Waals surface area contributed by atoms with Gasteiger partial charge in [0.2, 0.25) is 0 Å². The van der Waals surface area contributed by atoms with Crippen LogP contribution in [0.1, 0.15) is 47.4 Å². The fraction of sp³-hybridized carbons (Fsp3) is 0.500. The van der Waals surface area contributed by atoms with Gasteiger partial charge in [-0.3, -0.25) is 4.79 Å². The van der Waals surface area contributed by atoms with E-state index in [-0.39, 0.29) is 5.76 Å². The molecule has 0 aliphatic heterocycles. The fourth-order valence-corrected chi connectivity index (χ4v) is 1.41. The predicted molar refractivity (Wildman–Crippen MR) is 58.6 cm³/mol. The van der Waals surface area contributed by atoms with Crippen molar-refractivity contribution < 1.29 is 18.7 Å². The molecule has 0 bridgehead atoms. The summed E-state index contributed by atoms with van der Waals surface area (Å²) in [7, 11) is 0. The molecule has 16 heavy (non-hydrogen) atoms. The molecule has 1 aromatic rings. The topological polar surface area (TPSA) is 56.5 Å². The highest BCUT2D eigenvalue weighted by Crippen LogP contribution is 2.19. The Morgan fingerprint density at radius 3 is 2.75 bits per heavy atom. The molecule has 4 nitrogen and oxygen atoms in total. The van der Waals surface area contributed by atoms with Gasteiger partial charge in [-0.05, 0) is 12.8 Å². The number of hydrogen-bond acceptors (Lipinski definition) is 4. The summed E-state index contributed by atoms with van der Waals surface area (Å²) in [6.45, 7) is 6.07. The first-order valence-electron chi connectivity index (χ1n) is 5.33. The number of esters is 1. The van der Waals surface area contributed by atoms with Crippen LogP contribution in [-0.4, -0.2) is 18.9 Å². The number of ether oxygens (including phenoxy) is 1. The second-order valence-electron chi connectivity index (χ2n) is 3.92. The summed E-state index contributed by atoms with van der Waals surface area (Å²) in [5, 5.41) is 0. The van der Waals surface area contributed by atoms with Crippen LogP contribution in [0.3, 0.4) is 0 Å². The molecular weight excluding hydrogens is 208 g/mol. The predicted octanol–water partition coefficient (Wildman–Crippen LogP) is 2.47. The van der Waals surface area contributed by atoms with Crippen molar-refractivity contribution in [3.05, 3.63) is 23.2 Å². The van der Waals surface area contributed by atoms with Crippen LogP contribution in [-0.2, 0) is 11.2 Å². The Bertz CT molecular complexity index is 376. The first-order valence-corrected chi connectivity index (χ1v) is 5.33. The maximum absolute atomic E-state index is 11.6. The average molecular weight is 224 g/mol. The molecular formula is C12H16O4. The van der Waals surface area contributed by atoms with Gasteiger partial charge >= 0.3 is 5.97 Å². The highest BCUT2D eigenvalue weighted by molar-refractivity contribution is 5.92. The highest BCUT2D eigenvalue weighted by Gasteiger charge is 2.19. The third-order valence-corrected chi connectivity index (χ3v) is 2.03. The molecule has 0 aromatic carbocycles. The zero-order valence-electron chi connectivity index (χ0n) is 9.78. The maximum atomic E-state index is 11.6. The quantitative estimate of drug-likeness (QED) is 0.569. The molecule has 0 saturated carbocycles. The molecule has 4 heteroatoms. The second-order valence-corrected chi connectivity index (χ2v) is 3.92. The van der Waals surface area contributed by atoms with E-state index in [1.165, 1.54) is 6.07 Å². The van der Waals surface area contributed by atoms with Crippen LogP contribution < -0.4 is 0 Å². The third kappa shape index (κ3) is 2.95. The fourth-order valence-electron chi connectivity index (χ4n) is 1.41. The lowest BCUT2D eigenvalue weighted by molar-refractivity contribution is 0.0523. The first-order chi connectivity index (χ1) is 7.58. The molecule has 0 amide bonds. The highest BCUT2D eigenvalue weighted by atomic mass is 16.5. The van der Waals surface area contributed by atoms with Gasteiger partial charge in [0.05, 0.1) is 6.61 Å². The normalized spacial score (nSPS) is 10.5. The molecule has 0 N–H and O–H groups in total. The maximum Gasteiger partial charge on any atom is 0.341 e. The van der Waals surface area contributed by atoms with Gasteiger partial charge < -0.3 is 9.15 Å². The Hall–Kier alpha value is -1.58. The molecule has 0 atom stereocenters. The first kappa shape index (κ1) is 12.5. The van der Waals surface area contributed by atoms with E-state index in [9.17, 15) is 9.59 Å². The Labute approximate surface area is 94.6 Å². The number of carbonyl (C=O) groups excluding carboxylic acids is 2. The molecule has 0 saturated heterocycles. The van der Waals surface area contributed by atoms with Crippen LogP contribution in [0.25, 0.3) is 0 Å². The van der Waals surface area contributed by atoms with Gasteiger partial charge in [-0.2, -0.15) is 0 Å². The van der Waals surface area contributed by atoms with E-state index in [4.69, 9.17) is 9.15 Å². The minimum atomic E-state index is -0.435. The largest absolute Gasteiger partial charge is 0.462 e. The number of aldehydes is 1. The molecule has 88 valence electrons. The minimum absolute atomic E-state index is 0.165. The number of carbonyl (C=O) groups is 2. The molecule has 0 aliphatic rings. The van der Waals surface area contributed by atoms with E-state index in [2.05, 4.69) is 0 Å². The Morgan fingerprint density at radius 1 is 1.56 bits per heavy atom. The zero-order valence-corrected chi connectivity index (χ0v) is 9.78. The van der Waals surface area contributed by atoms with Gasteiger partial charge in [0.1, 0.15) is 11.3 Å². The third-order valence-electron chi connectivity index (χ3n) is 2.03. The monoisotopic (exact) mass is 224 g/mol. The van der Waals surface area contributed by atoms with Crippen LogP contribution in [0, 0.1) is 5.92 Å². The average Bonchev–Trinajstić information content (AvgIpc) is 2.60. The lowest BCUT2D eigenvalue weighted by Crippen LogP contribution is -2.07. The Balaban J connectivity index is 2.99. The van der Waals surface area contributed by atoms with Gasteiger partial charge in [0, 0.05) is 12.5 Å². The summed E-state index contributed by atoms with van der Waals surface area (Å²) in [5.74, 6) is 0.600. The summed E-state index contributed by atoms with van der Waals surface area (Å²) >= 11 is 0. The van der Waals surface area contributed by atoms with E-state index in [0.29, 0.717) is 36.6 Å². The summed E-state index contributed by atoms with van der Waals surface area (Å²) in [6.07, 6.45) is 1.20. The van der Waals surface area contributed by atoms with Crippen molar-refractivity contribution in [1.29, 1.82) is 0 Å². The minimum Gasteiger partial charge on any atom is -0.462 e. The van der Waals surface area contributed by atoms with Gasteiger partial charge in [-0.15, -0.1) is 0 Å². The Kier molecular flexibility index (Phi) is 4.28. The van der Waals surface area contributed by atoms with Crippen molar-refractivity contribution in [3.8, 4) is 0 Å². The molecule has 0 radical (unpaired) electrons. The second kappa shape index (κ2) is 5.49. The van der Waals surface area contributed by atoms with Crippen LogP contribution in [0.4, 0.5) is 0 Å².